The van der Waals surface area contributed by atoms with Crippen molar-refractivity contribution in [1.82, 2.24) is 0 Å². The summed E-state index contributed by atoms with van der Waals surface area (Å²) >= 11 is 0. The Morgan fingerprint density at radius 2 is 1.88 bits per heavy atom. The molecule has 0 saturated heterocycles. The number of nitrogens with zero attached hydrogens (tertiary/aromatic N) is 1. The second-order valence-electron chi connectivity index (χ2n) is 5.63. The lowest BCUT2D eigenvalue weighted by Crippen LogP contribution is -2.32. The first-order valence-electron chi connectivity index (χ1n) is 7.69. The Morgan fingerprint density at radius 1 is 1.21 bits per heavy atom. The van der Waals surface area contributed by atoms with Gasteiger partial charge in [0, 0.05) is 17.8 Å². The normalized spacial score (nSPS) is 11.6. The Kier molecular flexibility index (Phi) is 5.52. The monoisotopic (exact) mass is 328 g/mol. The number of rotatable bonds is 6. The molecule has 2 aromatic carbocycles. The molecule has 0 fully saturated rings. The van der Waals surface area contributed by atoms with E-state index in [1.54, 1.807) is 6.07 Å². The van der Waals surface area contributed by atoms with Gasteiger partial charge in [-0.25, -0.2) is 0 Å². The Hall–Kier alpha value is -2.89. The minimum absolute atomic E-state index is 0.0731. The van der Waals surface area contributed by atoms with Gasteiger partial charge in [-0.15, -0.1) is 0 Å². The maximum Gasteiger partial charge on any atom is 0.271 e. The van der Waals surface area contributed by atoms with Crippen molar-refractivity contribution in [2.24, 2.45) is 0 Å². The lowest BCUT2D eigenvalue weighted by molar-refractivity contribution is -0.384. The zero-order valence-electron chi connectivity index (χ0n) is 13.9. The molecule has 0 aliphatic rings. The average molecular weight is 328 g/mol. The van der Waals surface area contributed by atoms with Crippen molar-refractivity contribution in [1.29, 1.82) is 0 Å². The number of hydrogen-bond donors (Lipinski definition) is 1. The summed E-state index contributed by atoms with van der Waals surface area (Å²) in [4.78, 5) is 22.7. The molecule has 1 amide bonds. The standard InChI is InChI=1S/C18H20N2O4/c1-4-17(24-16-9-12(2)8-13(3)10-16)18(21)19-14-6-5-7-15(11-14)20(22)23/h5-11,17H,4H2,1-3H3,(H,19,21). The first kappa shape index (κ1) is 17.5. The van der Waals surface area contributed by atoms with E-state index in [9.17, 15) is 14.9 Å². The quantitative estimate of drug-likeness (QED) is 0.641. The van der Waals surface area contributed by atoms with Gasteiger partial charge >= 0.3 is 0 Å². The number of carbonyl (C=O) groups excluding carboxylic acids is 1. The third-order valence-electron chi connectivity index (χ3n) is 3.46. The van der Waals surface area contributed by atoms with Crippen molar-refractivity contribution >= 4 is 17.3 Å². The van der Waals surface area contributed by atoms with Crippen LogP contribution in [-0.4, -0.2) is 16.9 Å². The molecular formula is C18H20N2O4. The average Bonchev–Trinajstić information content (AvgIpc) is 2.51. The smallest absolute Gasteiger partial charge is 0.271 e. The predicted molar refractivity (Wildman–Crippen MR) is 92.3 cm³/mol. The van der Waals surface area contributed by atoms with Crippen LogP contribution in [0, 0.1) is 24.0 Å². The van der Waals surface area contributed by atoms with Gasteiger partial charge in [-0.3, -0.25) is 14.9 Å². The van der Waals surface area contributed by atoms with Gasteiger partial charge in [-0.05, 0) is 49.6 Å². The van der Waals surface area contributed by atoms with Crippen LogP contribution in [0.1, 0.15) is 24.5 Å². The summed E-state index contributed by atoms with van der Waals surface area (Å²) in [5.41, 5.74) is 2.41. The maximum absolute atomic E-state index is 12.4. The second kappa shape index (κ2) is 7.59. The van der Waals surface area contributed by atoms with E-state index in [0.717, 1.165) is 11.1 Å². The zero-order valence-corrected chi connectivity index (χ0v) is 13.9. The van der Waals surface area contributed by atoms with Crippen molar-refractivity contribution in [3.05, 3.63) is 63.7 Å². The van der Waals surface area contributed by atoms with E-state index >= 15 is 0 Å². The summed E-state index contributed by atoms with van der Waals surface area (Å²) in [5, 5.41) is 13.5. The van der Waals surface area contributed by atoms with E-state index in [2.05, 4.69) is 5.32 Å². The molecular weight excluding hydrogens is 308 g/mol. The minimum atomic E-state index is -0.675. The van der Waals surface area contributed by atoms with Crippen LogP contribution in [0.3, 0.4) is 0 Å². The molecule has 2 rings (SSSR count). The molecule has 1 atom stereocenters. The molecule has 0 aliphatic heterocycles. The number of benzene rings is 2. The Balaban J connectivity index is 2.11. The fraction of sp³-hybridized carbons (Fsp3) is 0.278. The molecule has 24 heavy (non-hydrogen) atoms. The van der Waals surface area contributed by atoms with Crippen molar-refractivity contribution in [3.63, 3.8) is 0 Å². The van der Waals surface area contributed by atoms with E-state index in [1.807, 2.05) is 39.0 Å². The minimum Gasteiger partial charge on any atom is -0.481 e. The summed E-state index contributed by atoms with van der Waals surface area (Å²) in [6, 6.07) is 11.6. The Morgan fingerprint density at radius 3 is 2.46 bits per heavy atom. The van der Waals surface area contributed by atoms with Gasteiger partial charge < -0.3 is 10.1 Å². The summed E-state index contributed by atoms with van der Waals surface area (Å²) in [6.07, 6.45) is -0.196. The number of hydrogen-bond acceptors (Lipinski definition) is 4. The third kappa shape index (κ3) is 4.55. The summed E-state index contributed by atoms with van der Waals surface area (Å²) < 4.78 is 5.79. The van der Waals surface area contributed by atoms with Gasteiger partial charge in [0.05, 0.1) is 4.92 Å². The maximum atomic E-state index is 12.4. The number of carbonyl (C=O) groups is 1. The molecule has 0 saturated carbocycles. The van der Waals surface area contributed by atoms with Crippen molar-refractivity contribution < 1.29 is 14.5 Å². The highest BCUT2D eigenvalue weighted by atomic mass is 16.6. The van der Waals surface area contributed by atoms with Gasteiger partial charge in [0.15, 0.2) is 6.10 Å². The molecule has 126 valence electrons. The highest BCUT2D eigenvalue weighted by Crippen LogP contribution is 2.20. The molecule has 1 unspecified atom stereocenters. The second-order valence-corrected chi connectivity index (χ2v) is 5.63. The van der Waals surface area contributed by atoms with Crippen molar-refractivity contribution in [3.8, 4) is 5.75 Å². The molecule has 6 nitrogen and oxygen atoms in total. The van der Waals surface area contributed by atoms with E-state index in [-0.39, 0.29) is 11.6 Å². The van der Waals surface area contributed by atoms with Crippen LogP contribution in [0.4, 0.5) is 11.4 Å². The van der Waals surface area contributed by atoms with E-state index in [1.165, 1.54) is 18.2 Å². The molecule has 0 radical (unpaired) electrons. The molecule has 0 aliphatic carbocycles. The Labute approximate surface area is 140 Å². The fourth-order valence-electron chi connectivity index (χ4n) is 2.41. The predicted octanol–water partition coefficient (Wildman–Crippen LogP) is 4.01. The topological polar surface area (TPSA) is 81.5 Å². The number of nitro groups is 1. The van der Waals surface area contributed by atoms with E-state index < -0.39 is 11.0 Å². The number of anilines is 1. The highest BCUT2D eigenvalue weighted by molar-refractivity contribution is 5.94. The van der Waals surface area contributed by atoms with Crippen molar-refractivity contribution in [2.45, 2.75) is 33.3 Å². The first-order chi connectivity index (χ1) is 11.4. The highest BCUT2D eigenvalue weighted by Gasteiger charge is 2.19. The van der Waals surface area contributed by atoms with Gasteiger partial charge in [-0.1, -0.05) is 19.1 Å². The van der Waals surface area contributed by atoms with E-state index in [0.29, 0.717) is 17.9 Å². The molecule has 2 aromatic rings. The van der Waals surface area contributed by atoms with Gasteiger partial charge in [-0.2, -0.15) is 0 Å². The van der Waals surface area contributed by atoms with Gasteiger partial charge in [0.1, 0.15) is 5.75 Å². The van der Waals surface area contributed by atoms with Crippen molar-refractivity contribution in [2.75, 3.05) is 5.32 Å². The van der Waals surface area contributed by atoms with Crippen LogP contribution < -0.4 is 10.1 Å². The molecule has 0 heterocycles. The molecule has 0 spiro atoms. The fourth-order valence-corrected chi connectivity index (χ4v) is 2.41. The van der Waals surface area contributed by atoms with Crippen LogP contribution in [0.2, 0.25) is 0 Å². The molecule has 1 N–H and O–H groups in total. The van der Waals surface area contributed by atoms with Crippen LogP contribution in [0.5, 0.6) is 5.75 Å². The Bertz CT molecular complexity index is 738. The summed E-state index contributed by atoms with van der Waals surface area (Å²) in [7, 11) is 0. The molecule has 0 aromatic heterocycles. The SMILES string of the molecule is CCC(Oc1cc(C)cc(C)c1)C(=O)Nc1cccc([N+](=O)[O-])c1. The van der Waals surface area contributed by atoms with Crippen LogP contribution >= 0.6 is 0 Å². The number of amides is 1. The number of ether oxygens (including phenoxy) is 1. The lowest BCUT2D eigenvalue weighted by atomic mass is 10.1. The van der Waals surface area contributed by atoms with Crippen LogP contribution in [0.25, 0.3) is 0 Å². The zero-order chi connectivity index (χ0) is 17.7. The summed E-state index contributed by atoms with van der Waals surface area (Å²) in [5.74, 6) is 0.297. The first-order valence-corrected chi connectivity index (χ1v) is 7.69. The number of nitro benzene ring substituents is 1. The summed E-state index contributed by atoms with van der Waals surface area (Å²) in [6.45, 7) is 5.77. The molecule has 0 bridgehead atoms. The lowest BCUT2D eigenvalue weighted by Gasteiger charge is -2.18. The number of non-ortho nitro benzene ring substituents is 1. The largest absolute Gasteiger partial charge is 0.481 e. The number of nitrogens with one attached hydrogen (secondary N) is 1. The van der Waals surface area contributed by atoms with Crippen LogP contribution in [0.15, 0.2) is 42.5 Å². The van der Waals surface area contributed by atoms with Gasteiger partial charge in [0.2, 0.25) is 0 Å². The molecule has 6 heteroatoms. The number of aryl methyl sites for hydroxylation is 2. The van der Waals surface area contributed by atoms with E-state index in [4.69, 9.17) is 4.74 Å². The van der Waals surface area contributed by atoms with Gasteiger partial charge in [0.25, 0.3) is 11.6 Å². The van der Waals surface area contributed by atoms with Crippen LogP contribution in [-0.2, 0) is 4.79 Å². The third-order valence-corrected chi connectivity index (χ3v) is 3.46.